The molecule has 4 rings (SSSR count). The van der Waals surface area contributed by atoms with Crippen molar-refractivity contribution in [1.82, 2.24) is 4.90 Å². The van der Waals surface area contributed by atoms with Crippen LogP contribution in [0.4, 0.5) is 0 Å². The smallest absolute Gasteiger partial charge is 0.119 e. The minimum atomic E-state index is 0.619. The summed E-state index contributed by atoms with van der Waals surface area (Å²) >= 11 is 0. The van der Waals surface area contributed by atoms with Gasteiger partial charge in [-0.2, -0.15) is 0 Å². The van der Waals surface area contributed by atoms with Crippen molar-refractivity contribution in [2.45, 2.75) is 70.7 Å². The van der Waals surface area contributed by atoms with Crippen LogP contribution in [0.1, 0.15) is 57.1 Å². The summed E-state index contributed by atoms with van der Waals surface area (Å²) in [5.41, 5.74) is 4.12. The van der Waals surface area contributed by atoms with E-state index in [2.05, 4.69) is 73.4 Å². The fourth-order valence-corrected chi connectivity index (χ4v) is 4.79. The molecule has 1 aliphatic heterocycles. The average Bonchev–Trinajstić information content (AvgIpc) is 2.69. The fourth-order valence-electron chi connectivity index (χ4n) is 4.79. The Kier molecular flexibility index (Phi) is 5.63. The second kappa shape index (κ2) is 8.31. The Bertz CT molecular complexity index is 757. The quantitative estimate of drug-likeness (QED) is 0.640. The summed E-state index contributed by atoms with van der Waals surface area (Å²) in [7, 11) is 0. The highest BCUT2D eigenvalue weighted by Crippen LogP contribution is 2.37. The van der Waals surface area contributed by atoms with Crippen molar-refractivity contribution < 1.29 is 4.74 Å². The van der Waals surface area contributed by atoms with E-state index in [1.165, 1.54) is 43.2 Å². The lowest BCUT2D eigenvalue weighted by Crippen LogP contribution is -2.58. The SMILES string of the molecule is CC1CC(C)N1C1CCCCC1=Cc1ccc(OCc2ccccc2)cc1. The highest BCUT2D eigenvalue weighted by atomic mass is 16.5. The van der Waals surface area contributed by atoms with E-state index < -0.39 is 0 Å². The van der Waals surface area contributed by atoms with Gasteiger partial charge in [-0.15, -0.1) is 0 Å². The van der Waals surface area contributed by atoms with Gasteiger partial charge in [0.15, 0.2) is 0 Å². The molecule has 0 radical (unpaired) electrons. The van der Waals surface area contributed by atoms with Gasteiger partial charge >= 0.3 is 0 Å². The summed E-state index contributed by atoms with van der Waals surface area (Å²) in [6.07, 6.45) is 9.03. The van der Waals surface area contributed by atoms with Gasteiger partial charge in [0.2, 0.25) is 0 Å². The van der Waals surface area contributed by atoms with Crippen LogP contribution in [0.2, 0.25) is 0 Å². The van der Waals surface area contributed by atoms with Crippen molar-refractivity contribution in [3.63, 3.8) is 0 Å². The van der Waals surface area contributed by atoms with E-state index in [0.717, 1.165) is 17.8 Å². The molecule has 0 spiro atoms. The molecule has 2 nitrogen and oxygen atoms in total. The van der Waals surface area contributed by atoms with Gasteiger partial charge in [0, 0.05) is 18.1 Å². The molecule has 142 valence electrons. The molecule has 1 aliphatic carbocycles. The number of rotatable bonds is 5. The molecule has 0 bridgehead atoms. The molecule has 2 aliphatic rings. The topological polar surface area (TPSA) is 12.5 Å². The van der Waals surface area contributed by atoms with Crippen molar-refractivity contribution in [3.8, 4) is 5.75 Å². The molecule has 0 N–H and O–H groups in total. The van der Waals surface area contributed by atoms with Crippen LogP contribution in [0.15, 0.2) is 60.2 Å². The molecule has 2 aromatic carbocycles. The molecule has 3 atom stereocenters. The Morgan fingerprint density at radius 1 is 0.963 bits per heavy atom. The van der Waals surface area contributed by atoms with E-state index in [0.29, 0.717) is 12.6 Å². The normalized spacial score (nSPS) is 27.3. The van der Waals surface area contributed by atoms with Gasteiger partial charge in [0.1, 0.15) is 12.4 Å². The lowest BCUT2D eigenvalue weighted by molar-refractivity contribution is -0.000523. The zero-order valence-electron chi connectivity index (χ0n) is 16.6. The lowest BCUT2D eigenvalue weighted by atomic mass is 9.82. The molecule has 2 fully saturated rings. The first-order valence-corrected chi connectivity index (χ1v) is 10.5. The van der Waals surface area contributed by atoms with E-state index in [-0.39, 0.29) is 0 Å². The van der Waals surface area contributed by atoms with Gasteiger partial charge in [-0.1, -0.05) is 60.5 Å². The Morgan fingerprint density at radius 2 is 1.70 bits per heavy atom. The summed E-state index contributed by atoms with van der Waals surface area (Å²) in [6.45, 7) is 5.38. The highest BCUT2D eigenvalue weighted by molar-refractivity contribution is 5.55. The molecule has 1 saturated heterocycles. The molecular formula is C25H31NO. The molecule has 27 heavy (non-hydrogen) atoms. The zero-order valence-corrected chi connectivity index (χ0v) is 16.6. The largest absolute Gasteiger partial charge is 0.489 e. The molecule has 3 unspecified atom stereocenters. The van der Waals surface area contributed by atoms with Gasteiger partial charge in [0.25, 0.3) is 0 Å². The third-order valence-corrected chi connectivity index (χ3v) is 6.16. The first kappa shape index (κ1) is 18.3. The van der Waals surface area contributed by atoms with E-state index in [1.807, 2.05) is 6.07 Å². The molecular weight excluding hydrogens is 330 g/mol. The molecule has 1 saturated carbocycles. The van der Waals surface area contributed by atoms with Crippen molar-refractivity contribution in [2.24, 2.45) is 0 Å². The summed E-state index contributed by atoms with van der Waals surface area (Å²) in [6, 6.07) is 21.0. The predicted octanol–water partition coefficient (Wildman–Crippen LogP) is 6.07. The Hall–Kier alpha value is -2.06. The van der Waals surface area contributed by atoms with Gasteiger partial charge in [-0.05, 0) is 62.8 Å². The molecule has 2 heteroatoms. The highest BCUT2D eigenvalue weighted by Gasteiger charge is 2.38. The standard InChI is InChI=1S/C25H31NO/c1-19-16-20(2)26(19)25-11-7-6-10-23(25)17-21-12-14-24(15-13-21)27-18-22-8-4-3-5-9-22/h3-5,8-9,12-15,17,19-20,25H,6-7,10-11,16,18H2,1-2H3. The number of benzene rings is 2. The number of hydrogen-bond donors (Lipinski definition) is 0. The second-order valence-corrected chi connectivity index (χ2v) is 8.21. The van der Waals surface area contributed by atoms with Crippen LogP contribution < -0.4 is 4.74 Å². The second-order valence-electron chi connectivity index (χ2n) is 8.21. The molecule has 0 aromatic heterocycles. The van der Waals surface area contributed by atoms with Crippen LogP contribution in [0, 0.1) is 0 Å². The van der Waals surface area contributed by atoms with Crippen LogP contribution in [-0.4, -0.2) is 23.0 Å². The van der Waals surface area contributed by atoms with Crippen molar-refractivity contribution in [1.29, 1.82) is 0 Å². The van der Waals surface area contributed by atoms with Gasteiger partial charge in [-0.25, -0.2) is 0 Å². The third-order valence-electron chi connectivity index (χ3n) is 6.16. The van der Waals surface area contributed by atoms with Crippen LogP contribution in [0.25, 0.3) is 6.08 Å². The lowest BCUT2D eigenvalue weighted by Gasteiger charge is -2.52. The van der Waals surface area contributed by atoms with Crippen LogP contribution >= 0.6 is 0 Å². The maximum atomic E-state index is 5.92. The van der Waals surface area contributed by atoms with Crippen LogP contribution in [-0.2, 0) is 6.61 Å². The summed E-state index contributed by atoms with van der Waals surface area (Å²) in [4.78, 5) is 2.74. The first-order chi connectivity index (χ1) is 13.2. The third kappa shape index (κ3) is 4.27. The molecule has 0 amide bonds. The van der Waals surface area contributed by atoms with Crippen LogP contribution in [0.3, 0.4) is 0 Å². The summed E-state index contributed by atoms with van der Waals surface area (Å²) in [5, 5.41) is 0. The minimum Gasteiger partial charge on any atom is -0.489 e. The van der Waals surface area contributed by atoms with Crippen molar-refractivity contribution in [3.05, 3.63) is 71.3 Å². The summed E-state index contributed by atoms with van der Waals surface area (Å²) < 4.78 is 5.92. The van der Waals surface area contributed by atoms with Gasteiger partial charge in [0.05, 0.1) is 0 Å². The number of nitrogens with zero attached hydrogens (tertiary/aromatic N) is 1. The van der Waals surface area contributed by atoms with E-state index >= 15 is 0 Å². The average molecular weight is 362 g/mol. The maximum Gasteiger partial charge on any atom is 0.119 e. The minimum absolute atomic E-state index is 0.619. The first-order valence-electron chi connectivity index (χ1n) is 10.5. The molecule has 1 heterocycles. The van der Waals surface area contributed by atoms with Crippen molar-refractivity contribution in [2.75, 3.05) is 0 Å². The van der Waals surface area contributed by atoms with E-state index in [9.17, 15) is 0 Å². The van der Waals surface area contributed by atoms with Crippen molar-refractivity contribution >= 4 is 6.08 Å². The van der Waals surface area contributed by atoms with E-state index in [1.54, 1.807) is 5.57 Å². The van der Waals surface area contributed by atoms with E-state index in [4.69, 9.17) is 4.74 Å². The number of ether oxygens (including phenoxy) is 1. The van der Waals surface area contributed by atoms with Crippen LogP contribution in [0.5, 0.6) is 5.75 Å². The fraction of sp³-hybridized carbons (Fsp3) is 0.440. The monoisotopic (exact) mass is 361 g/mol. The Labute approximate surface area is 163 Å². The Morgan fingerprint density at radius 3 is 2.41 bits per heavy atom. The Balaban J connectivity index is 1.43. The number of likely N-dealkylation sites (tertiary alicyclic amines) is 1. The number of hydrogen-bond acceptors (Lipinski definition) is 2. The summed E-state index contributed by atoms with van der Waals surface area (Å²) in [5.74, 6) is 0.936. The predicted molar refractivity (Wildman–Crippen MR) is 113 cm³/mol. The van der Waals surface area contributed by atoms with Gasteiger partial charge in [-0.3, -0.25) is 4.90 Å². The zero-order chi connectivity index (χ0) is 18.6. The maximum absolute atomic E-state index is 5.92. The van der Waals surface area contributed by atoms with Gasteiger partial charge < -0.3 is 4.74 Å². The molecule has 2 aromatic rings.